The lowest BCUT2D eigenvalue weighted by Crippen LogP contribution is -2.17. The fourth-order valence-electron chi connectivity index (χ4n) is 2.00. The Labute approximate surface area is 122 Å². The Kier molecular flexibility index (Phi) is 3.23. The van der Waals surface area contributed by atoms with Crippen LogP contribution in [0.2, 0.25) is 0 Å². The number of nitrogens with zero attached hydrogens (tertiary/aromatic N) is 2. The molecule has 1 aromatic carbocycles. The summed E-state index contributed by atoms with van der Waals surface area (Å²) in [5, 5.41) is 3.19. The van der Waals surface area contributed by atoms with Crippen LogP contribution in [0.3, 0.4) is 0 Å². The van der Waals surface area contributed by atoms with Crippen LogP contribution < -0.4 is 22.4 Å². The van der Waals surface area contributed by atoms with Gasteiger partial charge < -0.3 is 21.2 Å². The van der Waals surface area contributed by atoms with Crippen molar-refractivity contribution in [3.63, 3.8) is 0 Å². The summed E-state index contributed by atoms with van der Waals surface area (Å²) in [6.45, 7) is 0. The first kappa shape index (κ1) is 13.0. The summed E-state index contributed by atoms with van der Waals surface area (Å²) in [7, 11) is 1.82. The molecule has 0 bridgehead atoms. The number of nitrogens with one attached hydrogen (secondary N) is 1. The maximum atomic E-state index is 5.84. The van der Waals surface area contributed by atoms with Crippen LogP contribution >= 0.6 is 0 Å². The van der Waals surface area contributed by atoms with Gasteiger partial charge in [-0.2, -0.15) is 0 Å². The van der Waals surface area contributed by atoms with E-state index in [2.05, 4.69) is 15.3 Å². The van der Waals surface area contributed by atoms with Crippen molar-refractivity contribution in [1.29, 1.82) is 0 Å². The molecule has 2 aromatic heterocycles. The molecule has 0 spiro atoms. The summed E-state index contributed by atoms with van der Waals surface area (Å²) in [5.74, 6) is 1.39. The molecule has 0 aliphatic heterocycles. The van der Waals surface area contributed by atoms with Gasteiger partial charge in [-0.25, -0.2) is 9.97 Å². The number of nitrogens with two attached hydrogens (primary N) is 2. The predicted molar refractivity (Wildman–Crippen MR) is 86.5 cm³/mol. The van der Waals surface area contributed by atoms with E-state index in [-0.39, 0.29) is 0 Å². The predicted octanol–water partition coefficient (Wildman–Crippen LogP) is 0.903. The first-order valence-corrected chi connectivity index (χ1v) is 6.42. The van der Waals surface area contributed by atoms with Crippen LogP contribution in [-0.2, 0) is 0 Å². The molecule has 0 aliphatic carbocycles. The summed E-state index contributed by atoms with van der Waals surface area (Å²) >= 11 is 0. The second kappa shape index (κ2) is 5.20. The fourth-order valence-corrected chi connectivity index (χ4v) is 2.00. The van der Waals surface area contributed by atoms with Crippen LogP contribution in [0.5, 0.6) is 0 Å². The zero-order chi connectivity index (χ0) is 14.8. The van der Waals surface area contributed by atoms with E-state index in [1.165, 1.54) is 6.39 Å². The molecule has 0 radical (unpaired) electrons. The lowest BCUT2D eigenvalue weighted by molar-refractivity contribution is 0.572. The van der Waals surface area contributed by atoms with E-state index in [0.29, 0.717) is 22.8 Å². The van der Waals surface area contributed by atoms with Gasteiger partial charge in [0.1, 0.15) is 5.82 Å². The fraction of sp³-hybridized carbons (Fsp3) is 0. The number of oxazole rings is 1. The molecule has 0 amide bonds. The molecule has 2 heterocycles. The Bertz CT molecular complexity index is 733. The molecule has 6 nitrogen and oxygen atoms in total. The Morgan fingerprint density at radius 3 is 2.52 bits per heavy atom. The standard InChI is InChI=1S/C14H14BN5O/c15-14-13(17)10(16)5-12(20-14)19-9-3-1-8(2-4-9)11-6-18-7-21-11/h1-7H,15,17H2,(H3,16,19,20). The van der Waals surface area contributed by atoms with Gasteiger partial charge in [-0.1, -0.05) is 0 Å². The zero-order valence-corrected chi connectivity index (χ0v) is 11.5. The number of nitrogen functional groups attached to an aromatic ring is 2. The van der Waals surface area contributed by atoms with Gasteiger partial charge in [0.25, 0.3) is 0 Å². The Morgan fingerprint density at radius 2 is 1.90 bits per heavy atom. The largest absolute Gasteiger partial charge is 0.444 e. The van der Waals surface area contributed by atoms with Crippen molar-refractivity contribution < 1.29 is 4.42 Å². The monoisotopic (exact) mass is 279 g/mol. The third kappa shape index (κ3) is 2.67. The van der Waals surface area contributed by atoms with Crippen molar-refractivity contribution in [2.24, 2.45) is 0 Å². The maximum Gasteiger partial charge on any atom is 0.181 e. The molecule has 0 fully saturated rings. The molecule has 3 rings (SSSR count). The third-order valence-corrected chi connectivity index (χ3v) is 3.16. The van der Waals surface area contributed by atoms with Crippen LogP contribution in [0.25, 0.3) is 11.3 Å². The number of anilines is 4. The maximum absolute atomic E-state index is 5.84. The highest BCUT2D eigenvalue weighted by atomic mass is 16.3. The highest BCUT2D eigenvalue weighted by molar-refractivity contribution is 6.35. The lowest BCUT2D eigenvalue weighted by atomic mass is 10.0. The number of benzene rings is 1. The summed E-state index contributed by atoms with van der Waals surface area (Å²) in [5.41, 5.74) is 15.2. The molecule has 0 saturated heterocycles. The number of pyridine rings is 1. The molecule has 3 aromatic rings. The minimum atomic E-state index is 0.515. The highest BCUT2D eigenvalue weighted by Gasteiger charge is 2.05. The van der Waals surface area contributed by atoms with Gasteiger partial charge in [0.05, 0.1) is 17.6 Å². The highest BCUT2D eigenvalue weighted by Crippen LogP contribution is 2.23. The summed E-state index contributed by atoms with van der Waals surface area (Å²) in [4.78, 5) is 8.25. The molecule has 104 valence electrons. The molecular weight excluding hydrogens is 265 g/mol. The van der Waals surface area contributed by atoms with Gasteiger partial charge in [-0.3, -0.25) is 0 Å². The molecule has 0 unspecified atom stereocenters. The van der Waals surface area contributed by atoms with Crippen molar-refractivity contribution in [3.8, 4) is 11.3 Å². The van der Waals surface area contributed by atoms with E-state index in [9.17, 15) is 0 Å². The Hall–Kier alpha value is -2.96. The normalized spacial score (nSPS) is 10.5. The quantitative estimate of drug-likeness (QED) is 0.615. The van der Waals surface area contributed by atoms with E-state index in [0.717, 1.165) is 17.0 Å². The van der Waals surface area contributed by atoms with Crippen molar-refractivity contribution >= 4 is 36.3 Å². The van der Waals surface area contributed by atoms with E-state index in [1.807, 2.05) is 32.1 Å². The number of hydrogen-bond donors (Lipinski definition) is 3. The number of hydrogen-bond acceptors (Lipinski definition) is 6. The molecule has 21 heavy (non-hydrogen) atoms. The van der Waals surface area contributed by atoms with E-state index in [1.54, 1.807) is 12.3 Å². The molecule has 0 aliphatic rings. The molecule has 0 atom stereocenters. The van der Waals surface area contributed by atoms with Crippen molar-refractivity contribution in [3.05, 3.63) is 42.9 Å². The van der Waals surface area contributed by atoms with E-state index >= 15 is 0 Å². The van der Waals surface area contributed by atoms with Gasteiger partial charge in [0.15, 0.2) is 20.0 Å². The van der Waals surface area contributed by atoms with E-state index in [4.69, 9.17) is 15.9 Å². The second-order valence-corrected chi connectivity index (χ2v) is 4.66. The number of rotatable bonds is 3. The average molecular weight is 279 g/mol. The van der Waals surface area contributed by atoms with Gasteiger partial charge in [0.2, 0.25) is 0 Å². The van der Waals surface area contributed by atoms with Gasteiger partial charge in [-0.15, -0.1) is 0 Å². The zero-order valence-electron chi connectivity index (χ0n) is 11.5. The summed E-state index contributed by atoms with van der Waals surface area (Å²) in [6.07, 6.45) is 3.08. The third-order valence-electron chi connectivity index (χ3n) is 3.16. The van der Waals surface area contributed by atoms with Gasteiger partial charge >= 0.3 is 0 Å². The SMILES string of the molecule is Bc1nc(Nc2ccc(-c3cnco3)cc2)cc(N)c1N. The van der Waals surface area contributed by atoms with Crippen LogP contribution in [0.15, 0.2) is 47.3 Å². The Morgan fingerprint density at radius 1 is 1.14 bits per heavy atom. The van der Waals surface area contributed by atoms with Gasteiger partial charge in [0, 0.05) is 22.9 Å². The van der Waals surface area contributed by atoms with Crippen molar-refractivity contribution in [2.45, 2.75) is 0 Å². The van der Waals surface area contributed by atoms with Crippen LogP contribution in [0, 0.1) is 0 Å². The molecule has 5 N–H and O–H groups in total. The average Bonchev–Trinajstić information content (AvgIpc) is 3.00. The van der Waals surface area contributed by atoms with Crippen LogP contribution in [0.1, 0.15) is 0 Å². The minimum Gasteiger partial charge on any atom is -0.444 e. The van der Waals surface area contributed by atoms with Crippen molar-refractivity contribution in [2.75, 3.05) is 16.8 Å². The molecular formula is C14H14BN5O. The van der Waals surface area contributed by atoms with Crippen LogP contribution in [0.4, 0.5) is 22.9 Å². The molecule has 7 heteroatoms. The first-order valence-electron chi connectivity index (χ1n) is 6.42. The number of aromatic nitrogens is 2. The van der Waals surface area contributed by atoms with Crippen LogP contribution in [-0.4, -0.2) is 17.8 Å². The smallest absolute Gasteiger partial charge is 0.181 e. The first-order chi connectivity index (χ1) is 10.1. The second-order valence-electron chi connectivity index (χ2n) is 4.66. The van der Waals surface area contributed by atoms with Crippen molar-refractivity contribution in [1.82, 2.24) is 9.97 Å². The Balaban J connectivity index is 1.82. The molecule has 0 saturated carbocycles. The summed E-state index contributed by atoms with van der Waals surface area (Å²) in [6, 6.07) is 9.46. The summed E-state index contributed by atoms with van der Waals surface area (Å²) < 4.78 is 5.25. The van der Waals surface area contributed by atoms with E-state index < -0.39 is 0 Å². The van der Waals surface area contributed by atoms with Gasteiger partial charge in [-0.05, 0) is 24.3 Å². The topological polar surface area (TPSA) is 103 Å². The lowest BCUT2D eigenvalue weighted by Gasteiger charge is -2.10. The minimum absolute atomic E-state index is 0.515.